The van der Waals surface area contributed by atoms with E-state index in [0.717, 1.165) is 25.7 Å². The number of hydrogen-bond donors (Lipinski definition) is 0. The Bertz CT molecular complexity index is 719. The highest BCUT2D eigenvalue weighted by atomic mass is 16.5. The van der Waals surface area contributed by atoms with Gasteiger partial charge in [0, 0.05) is 26.2 Å². The summed E-state index contributed by atoms with van der Waals surface area (Å²) in [5.41, 5.74) is 0.0862. The van der Waals surface area contributed by atoms with E-state index in [1.807, 2.05) is 27.7 Å². The van der Waals surface area contributed by atoms with Crippen molar-refractivity contribution < 1.29 is 19.1 Å². The molecule has 0 aliphatic rings. The lowest BCUT2D eigenvalue weighted by Crippen LogP contribution is -2.49. The van der Waals surface area contributed by atoms with E-state index < -0.39 is 0 Å². The Morgan fingerprint density at radius 1 is 0.692 bits per heavy atom. The second kappa shape index (κ2) is 17.9. The van der Waals surface area contributed by atoms with Gasteiger partial charge in [-0.2, -0.15) is 0 Å². The second-order valence-corrected chi connectivity index (χ2v) is 13.3. The van der Waals surface area contributed by atoms with Crippen LogP contribution in [0.2, 0.25) is 0 Å². The highest BCUT2D eigenvalue weighted by molar-refractivity contribution is 5.89. The number of carbonyl (C=O) groups is 3. The largest absolute Gasteiger partial charge is 0.371 e. The Morgan fingerprint density at radius 2 is 1.15 bits per heavy atom. The van der Waals surface area contributed by atoms with Gasteiger partial charge in [-0.3, -0.25) is 14.4 Å². The van der Waals surface area contributed by atoms with Gasteiger partial charge >= 0.3 is 0 Å². The summed E-state index contributed by atoms with van der Waals surface area (Å²) in [7, 11) is 0. The third-order valence-electron chi connectivity index (χ3n) is 8.06. The fourth-order valence-corrected chi connectivity index (χ4v) is 5.81. The zero-order chi connectivity index (χ0) is 30.4. The van der Waals surface area contributed by atoms with Crippen LogP contribution in [0.25, 0.3) is 0 Å². The van der Waals surface area contributed by atoms with Gasteiger partial charge in [0.05, 0.1) is 6.61 Å². The van der Waals surface area contributed by atoms with Gasteiger partial charge < -0.3 is 19.4 Å². The SMILES string of the molecule is CCCN(CC)C(=O)CN(CC(=O)N(CC)CC)C(=O)COCC(CC(C)C)(CC(C)C)CC(C)(C)C(C)C. The summed E-state index contributed by atoms with van der Waals surface area (Å²) in [6, 6.07) is 0. The number of likely N-dealkylation sites (N-methyl/N-ethyl adjacent to an activating group) is 2. The van der Waals surface area contributed by atoms with Crippen molar-refractivity contribution in [3.63, 3.8) is 0 Å². The van der Waals surface area contributed by atoms with Crippen molar-refractivity contribution in [1.82, 2.24) is 14.7 Å². The molecule has 0 fully saturated rings. The minimum Gasteiger partial charge on any atom is -0.371 e. The molecule has 0 heterocycles. The molecule has 0 saturated heterocycles. The first-order chi connectivity index (χ1) is 18.1. The summed E-state index contributed by atoms with van der Waals surface area (Å²) in [5, 5.41) is 0. The van der Waals surface area contributed by atoms with E-state index in [1.54, 1.807) is 9.80 Å². The molecule has 39 heavy (non-hydrogen) atoms. The fraction of sp³-hybridized carbons (Fsp3) is 0.906. The molecule has 7 nitrogen and oxygen atoms in total. The highest BCUT2D eigenvalue weighted by Crippen LogP contribution is 2.46. The zero-order valence-corrected chi connectivity index (χ0v) is 27.7. The van der Waals surface area contributed by atoms with Crippen LogP contribution in [-0.2, 0) is 19.1 Å². The molecule has 0 atom stereocenters. The molecule has 0 saturated carbocycles. The van der Waals surface area contributed by atoms with Crippen LogP contribution in [0.1, 0.15) is 109 Å². The molecule has 0 aliphatic heterocycles. The van der Waals surface area contributed by atoms with E-state index in [9.17, 15) is 14.4 Å². The average Bonchev–Trinajstić information content (AvgIpc) is 2.81. The second-order valence-electron chi connectivity index (χ2n) is 13.3. The molecule has 230 valence electrons. The molecule has 0 spiro atoms. The van der Waals surface area contributed by atoms with Gasteiger partial charge in [0.15, 0.2) is 0 Å². The minimum absolute atomic E-state index is 0.0474. The first kappa shape index (κ1) is 37.4. The fourth-order valence-electron chi connectivity index (χ4n) is 5.81. The Hall–Kier alpha value is -1.63. The van der Waals surface area contributed by atoms with Gasteiger partial charge in [-0.15, -0.1) is 0 Å². The van der Waals surface area contributed by atoms with Gasteiger partial charge in [0.1, 0.15) is 19.7 Å². The van der Waals surface area contributed by atoms with Crippen molar-refractivity contribution in [1.29, 1.82) is 0 Å². The van der Waals surface area contributed by atoms with Gasteiger partial charge in [0.2, 0.25) is 17.7 Å². The number of amides is 3. The van der Waals surface area contributed by atoms with Crippen LogP contribution < -0.4 is 0 Å². The van der Waals surface area contributed by atoms with Crippen molar-refractivity contribution >= 4 is 17.7 Å². The molecule has 0 bridgehead atoms. The van der Waals surface area contributed by atoms with Crippen molar-refractivity contribution in [3.8, 4) is 0 Å². The van der Waals surface area contributed by atoms with E-state index in [-0.39, 0.29) is 48.2 Å². The molecule has 0 aromatic rings. The van der Waals surface area contributed by atoms with Crippen LogP contribution in [-0.4, -0.2) is 84.9 Å². The van der Waals surface area contributed by atoms with Crippen molar-refractivity contribution in [2.45, 2.75) is 109 Å². The van der Waals surface area contributed by atoms with E-state index in [4.69, 9.17) is 4.74 Å². The predicted octanol–water partition coefficient (Wildman–Crippen LogP) is 6.11. The van der Waals surface area contributed by atoms with E-state index in [2.05, 4.69) is 55.4 Å². The topological polar surface area (TPSA) is 70.2 Å². The molecular formula is C32H63N3O4. The summed E-state index contributed by atoms with van der Waals surface area (Å²) >= 11 is 0. The highest BCUT2D eigenvalue weighted by Gasteiger charge is 2.39. The molecule has 0 radical (unpaired) electrons. The Kier molecular flexibility index (Phi) is 17.2. The first-order valence-corrected chi connectivity index (χ1v) is 15.5. The molecule has 0 rings (SSSR count). The van der Waals surface area contributed by atoms with Crippen LogP contribution >= 0.6 is 0 Å². The van der Waals surface area contributed by atoms with Crippen molar-refractivity contribution in [2.75, 3.05) is 52.5 Å². The molecule has 0 aromatic carbocycles. The summed E-state index contributed by atoms with van der Waals surface area (Å²) in [5.74, 6) is 0.952. The Balaban J connectivity index is 5.87. The number of ether oxygens (including phenoxy) is 1. The molecule has 0 aliphatic carbocycles. The van der Waals surface area contributed by atoms with Crippen LogP contribution in [0, 0.1) is 28.6 Å². The van der Waals surface area contributed by atoms with E-state index in [1.165, 1.54) is 4.90 Å². The summed E-state index contributed by atoms with van der Waals surface area (Å²) in [6.07, 6.45) is 3.92. The van der Waals surface area contributed by atoms with Gasteiger partial charge in [0.25, 0.3) is 0 Å². The Morgan fingerprint density at radius 3 is 1.54 bits per heavy atom. The summed E-state index contributed by atoms with van der Waals surface area (Å²) < 4.78 is 6.24. The lowest BCUT2D eigenvalue weighted by molar-refractivity contribution is -0.148. The monoisotopic (exact) mass is 553 g/mol. The number of hydrogen-bond acceptors (Lipinski definition) is 4. The molecular weight excluding hydrogens is 490 g/mol. The molecule has 3 amide bonds. The number of nitrogens with zero attached hydrogens (tertiary/aromatic N) is 3. The third-order valence-corrected chi connectivity index (χ3v) is 8.06. The normalized spacial score (nSPS) is 12.4. The number of carbonyl (C=O) groups excluding carboxylic acids is 3. The van der Waals surface area contributed by atoms with Crippen LogP contribution in [0.5, 0.6) is 0 Å². The zero-order valence-electron chi connectivity index (χ0n) is 27.7. The van der Waals surface area contributed by atoms with Gasteiger partial charge in [-0.05, 0) is 75.0 Å². The van der Waals surface area contributed by atoms with Crippen LogP contribution in [0.15, 0.2) is 0 Å². The van der Waals surface area contributed by atoms with E-state index in [0.29, 0.717) is 50.5 Å². The van der Waals surface area contributed by atoms with E-state index >= 15 is 0 Å². The third kappa shape index (κ3) is 13.5. The smallest absolute Gasteiger partial charge is 0.249 e. The Labute approximate surface area is 241 Å². The first-order valence-electron chi connectivity index (χ1n) is 15.5. The summed E-state index contributed by atoms with van der Waals surface area (Å²) in [6.45, 7) is 28.5. The maximum Gasteiger partial charge on any atom is 0.249 e. The molecule has 0 aromatic heterocycles. The van der Waals surface area contributed by atoms with Crippen molar-refractivity contribution in [3.05, 3.63) is 0 Å². The van der Waals surface area contributed by atoms with Gasteiger partial charge in [-0.25, -0.2) is 0 Å². The van der Waals surface area contributed by atoms with Gasteiger partial charge in [-0.1, -0.05) is 62.3 Å². The maximum atomic E-state index is 13.5. The lowest BCUT2D eigenvalue weighted by atomic mass is 9.63. The average molecular weight is 554 g/mol. The van der Waals surface area contributed by atoms with Crippen LogP contribution in [0.3, 0.4) is 0 Å². The molecule has 0 unspecified atom stereocenters. The van der Waals surface area contributed by atoms with Crippen LogP contribution in [0.4, 0.5) is 0 Å². The quantitative estimate of drug-likeness (QED) is 0.182. The minimum atomic E-state index is -0.303. The predicted molar refractivity (Wildman–Crippen MR) is 162 cm³/mol. The number of rotatable bonds is 20. The standard InChI is InChI=1S/C32H63N3O4/c1-13-17-34(16-4)29(37)21-35(20-28(36)33(14-2)15-3)30(38)22-39-24-32(18-25(5)6,19-26(7)8)23-31(11,12)27(9)10/h25-27H,13-24H2,1-12H3. The van der Waals surface area contributed by atoms with Crippen molar-refractivity contribution in [2.24, 2.45) is 28.6 Å². The summed E-state index contributed by atoms with van der Waals surface area (Å²) in [4.78, 5) is 44.3. The maximum absolute atomic E-state index is 13.5. The lowest BCUT2D eigenvalue weighted by Gasteiger charge is -2.44. The molecule has 7 heteroatoms. The molecule has 0 N–H and O–H groups in total.